The molecule has 2 aromatic rings. The predicted octanol–water partition coefficient (Wildman–Crippen LogP) is 5.61. The molecule has 32 heavy (non-hydrogen) atoms. The lowest BCUT2D eigenvalue weighted by molar-refractivity contribution is -0.102. The number of allylic oxidation sites excluding steroid dienone is 1. The van der Waals surface area contributed by atoms with E-state index >= 15 is 0 Å². The van der Waals surface area contributed by atoms with E-state index in [1.165, 1.54) is 28.8 Å². The summed E-state index contributed by atoms with van der Waals surface area (Å²) in [5.41, 5.74) is 6.15. The van der Waals surface area contributed by atoms with Gasteiger partial charge in [-0.25, -0.2) is 0 Å². The molecule has 4 heteroatoms. The average molecular weight is 434 g/mol. The minimum absolute atomic E-state index is 0.113. The number of nitrogens with zero attached hydrogens (tertiary/aromatic N) is 2. The quantitative estimate of drug-likeness (QED) is 0.586. The Balaban J connectivity index is 1.60. The van der Waals surface area contributed by atoms with Crippen LogP contribution < -0.4 is 5.32 Å². The normalized spacial score (nSPS) is 24.7. The van der Waals surface area contributed by atoms with Crippen molar-refractivity contribution in [2.45, 2.75) is 44.9 Å². The third kappa shape index (κ3) is 5.09. The van der Waals surface area contributed by atoms with Gasteiger partial charge in [-0.05, 0) is 63.7 Å². The molecule has 1 unspecified atom stereocenters. The molecular weight excluding hydrogens is 394 g/mol. The molecule has 2 aromatic carbocycles. The molecule has 172 valence electrons. The number of hydrogen-bond acceptors (Lipinski definition) is 4. The first-order chi connectivity index (χ1) is 15.5. The molecular formula is C28H39N3O. The molecule has 0 saturated carbocycles. The highest BCUT2D eigenvalue weighted by atomic mass is 16.5. The third-order valence-corrected chi connectivity index (χ3v) is 7.07. The van der Waals surface area contributed by atoms with E-state index in [4.69, 9.17) is 4.74 Å². The summed E-state index contributed by atoms with van der Waals surface area (Å²) in [5.74, 6) is 0.429. The Bertz CT molecular complexity index is 910. The van der Waals surface area contributed by atoms with Crippen LogP contribution in [0.15, 0.2) is 55.1 Å². The van der Waals surface area contributed by atoms with E-state index < -0.39 is 0 Å². The fourth-order valence-electron chi connectivity index (χ4n) is 5.15. The SMILES string of the molecule is C=C(C)c1ccc2c(c1)[C@H]1OC(CN(CC)CCN(C)C)CC[C@H]1[C@@H](c1ccccc1)N2. The first-order valence-corrected chi connectivity index (χ1v) is 12.1. The lowest BCUT2D eigenvalue weighted by atomic mass is 9.76. The number of rotatable bonds is 8. The van der Waals surface area contributed by atoms with Crippen molar-refractivity contribution in [1.82, 2.24) is 9.80 Å². The van der Waals surface area contributed by atoms with Crippen LogP contribution in [0.2, 0.25) is 0 Å². The van der Waals surface area contributed by atoms with Gasteiger partial charge in [0, 0.05) is 36.8 Å². The van der Waals surface area contributed by atoms with Crippen LogP contribution in [0.5, 0.6) is 0 Å². The number of likely N-dealkylation sites (N-methyl/N-ethyl adjacent to an activating group) is 2. The molecule has 0 bridgehead atoms. The lowest BCUT2D eigenvalue weighted by Gasteiger charge is -2.46. The summed E-state index contributed by atoms with van der Waals surface area (Å²) in [5, 5.41) is 3.85. The van der Waals surface area contributed by atoms with Crippen molar-refractivity contribution in [3.05, 3.63) is 71.8 Å². The van der Waals surface area contributed by atoms with Gasteiger partial charge in [0.05, 0.1) is 18.2 Å². The Kier molecular flexibility index (Phi) is 7.34. The van der Waals surface area contributed by atoms with Gasteiger partial charge in [-0.1, -0.05) is 55.5 Å². The van der Waals surface area contributed by atoms with Crippen LogP contribution in [0.1, 0.15) is 55.5 Å². The fraction of sp³-hybridized carbons (Fsp3) is 0.500. The highest BCUT2D eigenvalue weighted by molar-refractivity contribution is 5.68. The molecule has 4 atom stereocenters. The molecule has 0 aromatic heterocycles. The van der Waals surface area contributed by atoms with E-state index in [1.807, 2.05) is 0 Å². The topological polar surface area (TPSA) is 27.7 Å². The largest absolute Gasteiger partial charge is 0.378 e. The van der Waals surface area contributed by atoms with E-state index in [0.717, 1.165) is 38.2 Å². The molecule has 1 fully saturated rings. The Morgan fingerprint density at radius 3 is 2.56 bits per heavy atom. The molecule has 2 aliphatic heterocycles. The van der Waals surface area contributed by atoms with Crippen LogP contribution >= 0.6 is 0 Å². The van der Waals surface area contributed by atoms with Crippen molar-refractivity contribution < 1.29 is 4.74 Å². The number of benzene rings is 2. The van der Waals surface area contributed by atoms with Crippen LogP contribution in [0, 0.1) is 5.92 Å². The molecule has 2 aliphatic rings. The van der Waals surface area contributed by atoms with Gasteiger partial charge in [0.25, 0.3) is 0 Å². The monoisotopic (exact) mass is 433 g/mol. The van der Waals surface area contributed by atoms with E-state index in [9.17, 15) is 0 Å². The molecule has 4 rings (SSSR count). The second-order valence-electron chi connectivity index (χ2n) is 9.73. The molecule has 0 aliphatic carbocycles. The first-order valence-electron chi connectivity index (χ1n) is 12.1. The van der Waals surface area contributed by atoms with E-state index in [2.05, 4.69) is 98.2 Å². The minimum atomic E-state index is 0.113. The minimum Gasteiger partial charge on any atom is -0.378 e. The van der Waals surface area contributed by atoms with Gasteiger partial charge >= 0.3 is 0 Å². The molecule has 0 amide bonds. The molecule has 1 N–H and O–H groups in total. The van der Waals surface area contributed by atoms with Crippen molar-refractivity contribution in [2.75, 3.05) is 45.6 Å². The van der Waals surface area contributed by atoms with E-state index in [0.29, 0.717) is 5.92 Å². The van der Waals surface area contributed by atoms with Gasteiger partial charge in [0.2, 0.25) is 0 Å². The van der Waals surface area contributed by atoms with E-state index in [-0.39, 0.29) is 18.2 Å². The first kappa shape index (κ1) is 23.0. The zero-order valence-electron chi connectivity index (χ0n) is 20.2. The summed E-state index contributed by atoms with van der Waals surface area (Å²) in [6, 6.07) is 17.8. The molecule has 0 spiro atoms. The maximum atomic E-state index is 6.92. The highest BCUT2D eigenvalue weighted by Crippen LogP contribution is 2.50. The summed E-state index contributed by atoms with van der Waals surface area (Å²) in [6.07, 6.45) is 2.67. The van der Waals surface area contributed by atoms with Crippen molar-refractivity contribution in [1.29, 1.82) is 0 Å². The summed E-state index contributed by atoms with van der Waals surface area (Å²) in [4.78, 5) is 4.79. The van der Waals surface area contributed by atoms with Gasteiger partial charge in [-0.3, -0.25) is 4.90 Å². The molecule has 4 nitrogen and oxygen atoms in total. The van der Waals surface area contributed by atoms with Crippen molar-refractivity contribution >= 4 is 11.3 Å². The molecule has 2 heterocycles. The van der Waals surface area contributed by atoms with Gasteiger partial charge in [-0.2, -0.15) is 0 Å². The number of nitrogens with one attached hydrogen (secondary N) is 1. The average Bonchev–Trinajstić information content (AvgIpc) is 2.81. The molecule has 0 radical (unpaired) electrons. The van der Waals surface area contributed by atoms with Crippen LogP contribution in [0.4, 0.5) is 5.69 Å². The van der Waals surface area contributed by atoms with Crippen molar-refractivity contribution in [2.24, 2.45) is 5.92 Å². The number of ether oxygens (including phenoxy) is 1. The lowest BCUT2D eigenvalue weighted by Crippen LogP contribution is -2.44. The van der Waals surface area contributed by atoms with Gasteiger partial charge in [-0.15, -0.1) is 0 Å². The summed E-state index contributed by atoms with van der Waals surface area (Å²) < 4.78 is 6.92. The number of anilines is 1. The summed E-state index contributed by atoms with van der Waals surface area (Å²) in [6.45, 7) is 12.7. The van der Waals surface area contributed by atoms with Crippen LogP contribution in [0.25, 0.3) is 5.57 Å². The summed E-state index contributed by atoms with van der Waals surface area (Å²) >= 11 is 0. The second kappa shape index (κ2) is 10.2. The zero-order chi connectivity index (χ0) is 22.7. The maximum absolute atomic E-state index is 6.92. The van der Waals surface area contributed by atoms with E-state index in [1.54, 1.807) is 0 Å². The fourth-order valence-corrected chi connectivity index (χ4v) is 5.15. The van der Waals surface area contributed by atoms with Crippen LogP contribution in [0.3, 0.4) is 0 Å². The Hall–Kier alpha value is -2.14. The predicted molar refractivity (Wildman–Crippen MR) is 135 cm³/mol. The maximum Gasteiger partial charge on any atom is 0.0900 e. The van der Waals surface area contributed by atoms with Gasteiger partial charge in [0.1, 0.15) is 0 Å². The van der Waals surface area contributed by atoms with Crippen LogP contribution in [-0.4, -0.2) is 56.2 Å². The highest BCUT2D eigenvalue weighted by Gasteiger charge is 2.42. The molecule has 1 saturated heterocycles. The Morgan fingerprint density at radius 1 is 1.09 bits per heavy atom. The Labute approximate surface area is 194 Å². The summed E-state index contributed by atoms with van der Waals surface area (Å²) in [7, 11) is 4.29. The van der Waals surface area contributed by atoms with Crippen molar-refractivity contribution in [3.8, 4) is 0 Å². The number of hydrogen-bond donors (Lipinski definition) is 1. The third-order valence-electron chi connectivity index (χ3n) is 7.07. The number of fused-ring (bicyclic) bond motifs is 3. The zero-order valence-corrected chi connectivity index (χ0v) is 20.2. The standard InChI is InChI=1S/C28H39N3O/c1-6-31(17-16-30(4)5)19-23-13-14-24-27(21-10-8-7-9-11-21)29-26-15-12-22(20(2)3)18-25(26)28(24)32-23/h7-12,15,18,23-24,27-29H,2,6,13-14,16-17,19H2,1,3-5H3/t23?,24-,27+,28-/m0/s1. The smallest absolute Gasteiger partial charge is 0.0900 e. The Morgan fingerprint density at radius 2 is 1.88 bits per heavy atom. The van der Waals surface area contributed by atoms with Crippen LogP contribution in [-0.2, 0) is 4.74 Å². The van der Waals surface area contributed by atoms with Gasteiger partial charge < -0.3 is 15.0 Å². The van der Waals surface area contributed by atoms with Crippen molar-refractivity contribution in [3.63, 3.8) is 0 Å². The second-order valence-corrected chi connectivity index (χ2v) is 9.73. The van der Waals surface area contributed by atoms with Gasteiger partial charge in [0.15, 0.2) is 0 Å².